The van der Waals surface area contributed by atoms with Gasteiger partial charge in [0.05, 0.1) is 23.9 Å². The van der Waals surface area contributed by atoms with Gasteiger partial charge >= 0.3 is 0 Å². The molecule has 0 radical (unpaired) electrons. The highest BCUT2D eigenvalue weighted by Gasteiger charge is 2.18. The molecule has 148 valence electrons. The molecule has 0 unspecified atom stereocenters. The predicted octanol–water partition coefficient (Wildman–Crippen LogP) is 4.56. The maximum absolute atomic E-state index is 6.28. The minimum absolute atomic E-state index is 0. The van der Waals surface area contributed by atoms with Gasteiger partial charge in [-0.15, -0.1) is 35.3 Å². The maximum Gasteiger partial charge on any atom is 0.191 e. The normalized spacial score (nSPS) is 14.7. The minimum atomic E-state index is 0. The Kier molecular flexibility index (Phi) is 8.82. The molecule has 1 fully saturated rings. The third-order valence-corrected chi connectivity index (χ3v) is 5.68. The standard InChI is InChI=1S/C20H28N4OS.HI/c1-14-8-9-16(18(10-14)25-17-6-4-5-7-17)11-22-20(21-3)23-12-19-15(2)24-13-26-19;/h8-10,13,17H,4-7,11-12H2,1-3H3,(H2,21,22,23);1H. The van der Waals surface area contributed by atoms with Gasteiger partial charge in [0.25, 0.3) is 0 Å². The Morgan fingerprint density at radius 3 is 2.63 bits per heavy atom. The number of ether oxygens (including phenoxy) is 1. The smallest absolute Gasteiger partial charge is 0.191 e. The fourth-order valence-corrected chi connectivity index (χ4v) is 3.88. The molecule has 1 heterocycles. The Morgan fingerprint density at radius 1 is 1.22 bits per heavy atom. The van der Waals surface area contributed by atoms with Crippen LogP contribution in [0.2, 0.25) is 0 Å². The summed E-state index contributed by atoms with van der Waals surface area (Å²) in [4.78, 5) is 9.83. The Bertz CT molecular complexity index is 756. The summed E-state index contributed by atoms with van der Waals surface area (Å²) in [7, 11) is 1.79. The van der Waals surface area contributed by atoms with E-state index in [1.54, 1.807) is 18.4 Å². The van der Waals surface area contributed by atoms with Gasteiger partial charge in [-0.3, -0.25) is 4.99 Å². The second kappa shape index (κ2) is 10.8. The lowest BCUT2D eigenvalue weighted by Crippen LogP contribution is -2.36. The highest BCUT2D eigenvalue weighted by atomic mass is 127. The summed E-state index contributed by atoms with van der Waals surface area (Å²) >= 11 is 1.66. The summed E-state index contributed by atoms with van der Waals surface area (Å²) in [6.45, 7) is 5.55. The van der Waals surface area contributed by atoms with E-state index in [9.17, 15) is 0 Å². The number of hydrogen-bond acceptors (Lipinski definition) is 4. The van der Waals surface area contributed by atoms with Crippen molar-refractivity contribution in [1.29, 1.82) is 0 Å². The highest BCUT2D eigenvalue weighted by molar-refractivity contribution is 14.0. The molecular formula is C20H29IN4OS. The van der Waals surface area contributed by atoms with Crippen LogP contribution >= 0.6 is 35.3 Å². The van der Waals surface area contributed by atoms with Crippen molar-refractivity contribution < 1.29 is 4.74 Å². The maximum atomic E-state index is 6.28. The van der Waals surface area contributed by atoms with E-state index in [1.165, 1.54) is 28.8 Å². The molecule has 1 aromatic heterocycles. The number of aromatic nitrogens is 1. The fraction of sp³-hybridized carbons (Fsp3) is 0.500. The van der Waals surface area contributed by atoms with Crippen molar-refractivity contribution in [2.24, 2.45) is 4.99 Å². The molecule has 1 aliphatic rings. The van der Waals surface area contributed by atoms with Crippen molar-refractivity contribution in [2.75, 3.05) is 7.05 Å². The van der Waals surface area contributed by atoms with Gasteiger partial charge in [0, 0.05) is 24.0 Å². The molecule has 27 heavy (non-hydrogen) atoms. The zero-order valence-electron chi connectivity index (χ0n) is 16.2. The minimum Gasteiger partial charge on any atom is -0.490 e. The number of hydrogen-bond donors (Lipinski definition) is 2. The van der Waals surface area contributed by atoms with Gasteiger partial charge < -0.3 is 15.4 Å². The molecule has 0 saturated heterocycles. The highest BCUT2D eigenvalue weighted by Crippen LogP contribution is 2.27. The number of aryl methyl sites for hydroxylation is 2. The van der Waals surface area contributed by atoms with Crippen LogP contribution in [0.3, 0.4) is 0 Å². The molecular weight excluding hydrogens is 471 g/mol. The summed E-state index contributed by atoms with van der Waals surface area (Å²) in [6, 6.07) is 6.43. The molecule has 1 aromatic carbocycles. The molecule has 3 rings (SSSR count). The van der Waals surface area contributed by atoms with Crippen molar-refractivity contribution in [2.45, 2.75) is 58.7 Å². The number of nitrogens with one attached hydrogen (secondary N) is 2. The van der Waals surface area contributed by atoms with E-state index in [4.69, 9.17) is 4.74 Å². The van der Waals surface area contributed by atoms with Crippen LogP contribution < -0.4 is 15.4 Å². The first-order valence-corrected chi connectivity index (χ1v) is 10.1. The lowest BCUT2D eigenvalue weighted by Gasteiger charge is -2.18. The molecule has 2 N–H and O–H groups in total. The molecule has 0 atom stereocenters. The Hall–Kier alpha value is -1.35. The summed E-state index contributed by atoms with van der Waals surface area (Å²) in [5, 5.41) is 6.75. The molecule has 1 saturated carbocycles. The topological polar surface area (TPSA) is 58.5 Å². The first-order valence-electron chi connectivity index (χ1n) is 9.25. The first-order chi connectivity index (χ1) is 12.7. The lowest BCUT2D eigenvalue weighted by molar-refractivity contribution is 0.207. The van der Waals surface area contributed by atoms with E-state index in [1.807, 2.05) is 12.4 Å². The average Bonchev–Trinajstić information content (AvgIpc) is 3.28. The van der Waals surface area contributed by atoms with Gasteiger partial charge in [-0.1, -0.05) is 12.1 Å². The van der Waals surface area contributed by atoms with Gasteiger partial charge in [-0.25, -0.2) is 4.98 Å². The van der Waals surface area contributed by atoms with Crippen LogP contribution in [0.4, 0.5) is 0 Å². The second-order valence-corrected chi connectivity index (χ2v) is 7.72. The quantitative estimate of drug-likeness (QED) is 0.347. The number of rotatable bonds is 6. The summed E-state index contributed by atoms with van der Waals surface area (Å²) < 4.78 is 6.28. The zero-order valence-corrected chi connectivity index (χ0v) is 19.4. The van der Waals surface area contributed by atoms with Crippen LogP contribution in [-0.4, -0.2) is 24.1 Å². The molecule has 5 nitrogen and oxygen atoms in total. The second-order valence-electron chi connectivity index (χ2n) is 6.78. The van der Waals surface area contributed by atoms with Crippen LogP contribution in [0.1, 0.15) is 47.4 Å². The van der Waals surface area contributed by atoms with Crippen LogP contribution in [0.15, 0.2) is 28.7 Å². The SMILES string of the molecule is CN=C(NCc1ccc(C)cc1OC1CCCC1)NCc1scnc1C.I. The third kappa shape index (κ3) is 6.34. The van der Waals surface area contributed by atoms with Crippen molar-refractivity contribution in [1.82, 2.24) is 15.6 Å². The number of nitrogens with zero attached hydrogens (tertiary/aromatic N) is 2. The van der Waals surface area contributed by atoms with E-state index in [2.05, 4.69) is 45.7 Å². The van der Waals surface area contributed by atoms with E-state index in [-0.39, 0.29) is 24.0 Å². The monoisotopic (exact) mass is 500 g/mol. The van der Waals surface area contributed by atoms with Gasteiger partial charge in [-0.05, 0) is 51.2 Å². The van der Waals surface area contributed by atoms with Crippen LogP contribution in [0, 0.1) is 13.8 Å². The average molecular weight is 500 g/mol. The van der Waals surface area contributed by atoms with Gasteiger partial charge in [-0.2, -0.15) is 0 Å². The molecule has 7 heteroatoms. The van der Waals surface area contributed by atoms with E-state index < -0.39 is 0 Å². The number of guanidine groups is 1. The van der Waals surface area contributed by atoms with Gasteiger partial charge in [0.2, 0.25) is 0 Å². The largest absolute Gasteiger partial charge is 0.490 e. The molecule has 0 amide bonds. The predicted molar refractivity (Wildman–Crippen MR) is 123 cm³/mol. The lowest BCUT2D eigenvalue weighted by atomic mass is 10.1. The summed E-state index contributed by atoms with van der Waals surface area (Å²) in [5.74, 6) is 1.78. The summed E-state index contributed by atoms with van der Waals surface area (Å²) in [6.07, 6.45) is 5.24. The van der Waals surface area contributed by atoms with Gasteiger partial charge in [0.1, 0.15) is 5.75 Å². The Labute approximate surface area is 183 Å². The van der Waals surface area contributed by atoms with E-state index in [0.29, 0.717) is 12.6 Å². The molecule has 0 aliphatic heterocycles. The van der Waals surface area contributed by atoms with Crippen LogP contribution in [0.5, 0.6) is 5.75 Å². The third-order valence-electron chi connectivity index (χ3n) is 4.75. The van der Waals surface area contributed by atoms with Crippen LogP contribution in [-0.2, 0) is 13.1 Å². The molecule has 0 bridgehead atoms. The Morgan fingerprint density at radius 2 is 1.96 bits per heavy atom. The van der Waals surface area contributed by atoms with Crippen molar-refractivity contribution in [3.8, 4) is 5.75 Å². The fourth-order valence-electron chi connectivity index (χ4n) is 3.16. The van der Waals surface area contributed by atoms with Crippen molar-refractivity contribution in [3.63, 3.8) is 0 Å². The number of halogens is 1. The molecule has 2 aromatic rings. The van der Waals surface area contributed by atoms with Crippen LogP contribution in [0.25, 0.3) is 0 Å². The number of thiazole rings is 1. The van der Waals surface area contributed by atoms with Crippen molar-refractivity contribution in [3.05, 3.63) is 45.4 Å². The van der Waals surface area contributed by atoms with Crippen molar-refractivity contribution >= 4 is 41.3 Å². The Balaban J connectivity index is 0.00000261. The van der Waals surface area contributed by atoms with Gasteiger partial charge in [0.15, 0.2) is 5.96 Å². The number of aliphatic imine (C=N–C) groups is 1. The zero-order chi connectivity index (χ0) is 18.4. The van der Waals surface area contributed by atoms with E-state index in [0.717, 1.165) is 36.8 Å². The molecule has 1 aliphatic carbocycles. The molecule has 0 spiro atoms. The summed E-state index contributed by atoms with van der Waals surface area (Å²) in [5.41, 5.74) is 5.34. The first kappa shape index (κ1) is 21.9. The number of benzene rings is 1. The van der Waals surface area contributed by atoms with E-state index >= 15 is 0 Å².